The van der Waals surface area contributed by atoms with Crippen molar-refractivity contribution in [1.82, 2.24) is 0 Å². The molecule has 0 bridgehead atoms. The van der Waals surface area contributed by atoms with Gasteiger partial charge in [-0.3, -0.25) is 0 Å². The first-order chi connectivity index (χ1) is 6.11. The van der Waals surface area contributed by atoms with Gasteiger partial charge in [0.25, 0.3) is 0 Å². The van der Waals surface area contributed by atoms with E-state index in [-0.39, 0.29) is 0 Å². The van der Waals surface area contributed by atoms with Gasteiger partial charge < -0.3 is 24.8 Å². The fourth-order valence-electron chi connectivity index (χ4n) is 1.21. The molecule has 0 aromatic heterocycles. The molecular formula is C7H12O6. The van der Waals surface area contributed by atoms with Crippen molar-refractivity contribution in [3.05, 3.63) is 0 Å². The molecule has 13 heavy (non-hydrogen) atoms. The minimum Gasteiger partial charge on any atom is -0.455 e. The number of esters is 1. The van der Waals surface area contributed by atoms with Gasteiger partial charge in [-0.1, -0.05) is 0 Å². The summed E-state index contributed by atoms with van der Waals surface area (Å²) in [5.74, 6) is -0.778. The van der Waals surface area contributed by atoms with Crippen LogP contribution in [-0.4, -0.2) is 59.4 Å². The van der Waals surface area contributed by atoms with E-state index in [1.54, 1.807) is 0 Å². The smallest absolute Gasteiger partial charge is 0.338 e. The molecule has 1 aliphatic heterocycles. The van der Waals surface area contributed by atoms with Crippen molar-refractivity contribution >= 4 is 5.97 Å². The molecule has 0 aromatic rings. The molecule has 0 unspecified atom stereocenters. The molecule has 1 aliphatic rings. The predicted molar refractivity (Wildman–Crippen MR) is 39.8 cm³/mol. The fraction of sp³-hybridized carbons (Fsp3) is 0.857. The van der Waals surface area contributed by atoms with Crippen molar-refractivity contribution in [2.24, 2.45) is 0 Å². The van der Waals surface area contributed by atoms with Gasteiger partial charge in [0.2, 0.25) is 0 Å². The average molecular weight is 192 g/mol. The second kappa shape index (κ2) is 4.01. The van der Waals surface area contributed by atoms with Gasteiger partial charge >= 0.3 is 5.97 Å². The molecule has 0 aliphatic carbocycles. The summed E-state index contributed by atoms with van der Waals surface area (Å²) in [5.41, 5.74) is 0. The summed E-state index contributed by atoms with van der Waals surface area (Å²) in [5, 5.41) is 27.3. The van der Waals surface area contributed by atoms with Gasteiger partial charge in [-0.2, -0.15) is 0 Å². The largest absolute Gasteiger partial charge is 0.455 e. The minimum atomic E-state index is -1.36. The summed E-state index contributed by atoms with van der Waals surface area (Å²) >= 11 is 0. The third kappa shape index (κ3) is 1.80. The Bertz CT molecular complexity index is 193. The van der Waals surface area contributed by atoms with Gasteiger partial charge in [-0.05, 0) is 0 Å². The molecule has 1 fully saturated rings. The SMILES string of the molecule is CO[C@H]1C(=O)O[C@H](CO)[C@@H](O)[C@@H]1O. The highest BCUT2D eigenvalue weighted by molar-refractivity contribution is 5.76. The Labute approximate surface area is 74.7 Å². The number of carbonyl (C=O) groups is 1. The number of hydrogen-bond acceptors (Lipinski definition) is 6. The number of methoxy groups -OCH3 is 1. The van der Waals surface area contributed by atoms with Crippen LogP contribution in [0.1, 0.15) is 0 Å². The van der Waals surface area contributed by atoms with Crippen LogP contribution in [0.3, 0.4) is 0 Å². The van der Waals surface area contributed by atoms with Crippen molar-refractivity contribution in [1.29, 1.82) is 0 Å². The monoisotopic (exact) mass is 192 g/mol. The van der Waals surface area contributed by atoms with Gasteiger partial charge in [0.15, 0.2) is 12.2 Å². The van der Waals surface area contributed by atoms with Crippen molar-refractivity contribution in [2.45, 2.75) is 24.4 Å². The Kier molecular flexibility index (Phi) is 3.21. The number of cyclic esters (lactones) is 1. The lowest BCUT2D eigenvalue weighted by atomic mass is 10.00. The number of ether oxygens (including phenoxy) is 2. The number of aliphatic hydroxyl groups is 3. The molecule has 3 N–H and O–H groups in total. The Balaban J connectivity index is 2.72. The minimum absolute atomic E-state index is 0.527. The number of rotatable bonds is 2. The van der Waals surface area contributed by atoms with Crippen LogP contribution < -0.4 is 0 Å². The summed E-state index contributed by atoms with van der Waals surface area (Å²) in [7, 11) is 1.22. The van der Waals surface area contributed by atoms with Gasteiger partial charge in [0.1, 0.15) is 12.2 Å². The zero-order valence-corrected chi connectivity index (χ0v) is 7.08. The second-order valence-corrected chi connectivity index (χ2v) is 2.80. The van der Waals surface area contributed by atoms with Crippen LogP contribution in [0, 0.1) is 0 Å². The number of hydrogen-bond donors (Lipinski definition) is 3. The van der Waals surface area contributed by atoms with E-state index in [9.17, 15) is 15.0 Å². The highest BCUT2D eigenvalue weighted by Crippen LogP contribution is 2.18. The van der Waals surface area contributed by atoms with Crippen LogP contribution >= 0.6 is 0 Å². The van der Waals surface area contributed by atoms with E-state index in [2.05, 4.69) is 9.47 Å². The van der Waals surface area contributed by atoms with E-state index >= 15 is 0 Å². The van der Waals surface area contributed by atoms with E-state index < -0.39 is 37.0 Å². The average Bonchev–Trinajstić information content (AvgIpc) is 2.12. The standard InChI is InChI=1S/C7H12O6/c1-12-6-5(10)4(9)3(2-8)13-7(6)11/h3-6,8-10H,2H2,1H3/t3-,4-,5+,6-/m1/s1. The van der Waals surface area contributed by atoms with E-state index in [4.69, 9.17) is 5.11 Å². The summed E-state index contributed by atoms with van der Waals surface area (Å²) in [6.07, 6.45) is -4.93. The third-order valence-electron chi connectivity index (χ3n) is 1.97. The number of aliphatic hydroxyl groups excluding tert-OH is 3. The molecule has 0 radical (unpaired) electrons. The van der Waals surface area contributed by atoms with Gasteiger partial charge in [-0.25, -0.2) is 4.79 Å². The van der Waals surface area contributed by atoms with E-state index in [0.717, 1.165) is 0 Å². The lowest BCUT2D eigenvalue weighted by molar-refractivity contribution is -0.210. The zero-order valence-electron chi connectivity index (χ0n) is 7.08. The lowest BCUT2D eigenvalue weighted by Gasteiger charge is -2.34. The molecule has 1 rings (SSSR count). The Morgan fingerprint density at radius 3 is 2.54 bits per heavy atom. The van der Waals surface area contributed by atoms with Crippen LogP contribution in [0.15, 0.2) is 0 Å². The maximum atomic E-state index is 11.0. The van der Waals surface area contributed by atoms with E-state index in [1.807, 2.05) is 0 Å². The van der Waals surface area contributed by atoms with Crippen molar-refractivity contribution in [3.8, 4) is 0 Å². The summed E-state index contributed by atoms with van der Waals surface area (Å²) in [6.45, 7) is -0.527. The highest BCUT2D eigenvalue weighted by Gasteiger charge is 2.44. The molecular weight excluding hydrogens is 180 g/mol. The number of carbonyl (C=O) groups excluding carboxylic acids is 1. The molecule has 0 aromatic carbocycles. The Morgan fingerprint density at radius 2 is 2.08 bits per heavy atom. The maximum absolute atomic E-state index is 11.0. The van der Waals surface area contributed by atoms with Crippen LogP contribution in [0.25, 0.3) is 0 Å². The van der Waals surface area contributed by atoms with Crippen molar-refractivity contribution in [3.63, 3.8) is 0 Å². The molecule has 4 atom stereocenters. The van der Waals surface area contributed by atoms with Gasteiger partial charge in [0.05, 0.1) is 6.61 Å². The summed E-state index contributed by atoms with van der Waals surface area (Å²) < 4.78 is 9.21. The molecule has 1 heterocycles. The van der Waals surface area contributed by atoms with Crippen LogP contribution in [0.4, 0.5) is 0 Å². The second-order valence-electron chi connectivity index (χ2n) is 2.80. The van der Waals surface area contributed by atoms with Crippen molar-refractivity contribution < 1.29 is 29.6 Å². The van der Waals surface area contributed by atoms with Crippen LogP contribution in [0.5, 0.6) is 0 Å². The lowest BCUT2D eigenvalue weighted by Crippen LogP contribution is -2.57. The predicted octanol–water partition coefficient (Wildman–Crippen LogP) is -2.36. The normalized spacial score (nSPS) is 40.2. The van der Waals surface area contributed by atoms with E-state index in [0.29, 0.717) is 0 Å². The maximum Gasteiger partial charge on any atom is 0.338 e. The molecule has 76 valence electrons. The molecule has 6 nitrogen and oxygen atoms in total. The molecule has 6 heteroatoms. The molecule has 1 saturated heterocycles. The quantitative estimate of drug-likeness (QED) is 0.423. The molecule has 0 saturated carbocycles. The highest BCUT2D eigenvalue weighted by atomic mass is 16.6. The first-order valence-corrected chi connectivity index (χ1v) is 3.82. The Morgan fingerprint density at radius 1 is 1.46 bits per heavy atom. The van der Waals surface area contributed by atoms with Crippen molar-refractivity contribution in [2.75, 3.05) is 13.7 Å². The Hall–Kier alpha value is -0.690. The summed E-state index contributed by atoms with van der Waals surface area (Å²) in [4.78, 5) is 11.0. The van der Waals surface area contributed by atoms with Crippen LogP contribution in [-0.2, 0) is 14.3 Å². The zero-order chi connectivity index (χ0) is 10.0. The van der Waals surface area contributed by atoms with Gasteiger partial charge in [-0.15, -0.1) is 0 Å². The first-order valence-electron chi connectivity index (χ1n) is 3.82. The van der Waals surface area contributed by atoms with Gasteiger partial charge in [0, 0.05) is 7.11 Å². The molecule has 0 amide bonds. The summed E-state index contributed by atoms with van der Waals surface area (Å²) in [6, 6.07) is 0. The van der Waals surface area contributed by atoms with E-state index in [1.165, 1.54) is 7.11 Å². The molecule has 0 spiro atoms. The third-order valence-corrected chi connectivity index (χ3v) is 1.97. The topological polar surface area (TPSA) is 96.2 Å². The fourth-order valence-corrected chi connectivity index (χ4v) is 1.21. The first kappa shape index (κ1) is 10.4. The van der Waals surface area contributed by atoms with Crippen LogP contribution in [0.2, 0.25) is 0 Å².